The summed E-state index contributed by atoms with van der Waals surface area (Å²) in [5, 5.41) is 2.74. The highest BCUT2D eigenvalue weighted by Crippen LogP contribution is 2.20. The van der Waals surface area contributed by atoms with Gasteiger partial charge in [0.25, 0.3) is 15.9 Å². The number of para-hydroxylation sites is 1. The molecule has 0 aliphatic carbocycles. The first-order valence-electron chi connectivity index (χ1n) is 9.20. The monoisotopic (exact) mass is 428 g/mol. The minimum absolute atomic E-state index is 0.0492. The van der Waals surface area contributed by atoms with Crippen LogP contribution < -0.4 is 14.8 Å². The second-order valence-electron chi connectivity index (χ2n) is 6.75. The average Bonchev–Trinajstić information content (AvgIpc) is 2.71. The van der Waals surface area contributed by atoms with Crippen LogP contribution in [0, 0.1) is 5.82 Å². The molecule has 0 saturated heterocycles. The zero-order chi connectivity index (χ0) is 21.7. The molecule has 0 heterocycles. The normalized spacial score (nSPS) is 11.2. The Kier molecular flexibility index (Phi) is 6.37. The molecule has 2 N–H and O–H groups in total. The number of benzene rings is 3. The zero-order valence-electron chi connectivity index (χ0n) is 16.4. The summed E-state index contributed by atoms with van der Waals surface area (Å²) < 4.78 is 46.3. The molecule has 3 aromatic carbocycles. The third kappa shape index (κ3) is 5.36. The third-order valence-electron chi connectivity index (χ3n) is 4.03. The van der Waals surface area contributed by atoms with E-state index in [1.165, 1.54) is 42.5 Å². The molecule has 0 unspecified atom stereocenters. The molecule has 3 aromatic rings. The molecule has 1 amide bonds. The Labute approximate surface area is 174 Å². The van der Waals surface area contributed by atoms with Crippen LogP contribution >= 0.6 is 0 Å². The lowest BCUT2D eigenvalue weighted by Crippen LogP contribution is -2.15. The number of ether oxygens (including phenoxy) is 1. The lowest BCUT2D eigenvalue weighted by Gasteiger charge is -2.11. The number of amides is 1. The number of hydrogen-bond donors (Lipinski definition) is 2. The number of hydrogen-bond acceptors (Lipinski definition) is 4. The van der Waals surface area contributed by atoms with E-state index >= 15 is 0 Å². The van der Waals surface area contributed by atoms with Gasteiger partial charge in [0.15, 0.2) is 0 Å². The van der Waals surface area contributed by atoms with Crippen molar-refractivity contribution in [2.75, 3.05) is 10.0 Å². The van der Waals surface area contributed by atoms with Gasteiger partial charge in [-0.05, 0) is 74.5 Å². The number of carbonyl (C=O) groups excluding carboxylic acids is 1. The smallest absolute Gasteiger partial charge is 0.261 e. The van der Waals surface area contributed by atoms with Crippen LogP contribution in [0.2, 0.25) is 0 Å². The van der Waals surface area contributed by atoms with Crippen molar-refractivity contribution < 1.29 is 22.3 Å². The summed E-state index contributed by atoms with van der Waals surface area (Å²) in [7, 11) is -3.99. The minimum atomic E-state index is -3.99. The van der Waals surface area contributed by atoms with E-state index < -0.39 is 21.7 Å². The van der Waals surface area contributed by atoms with E-state index in [0.717, 1.165) is 6.07 Å². The summed E-state index contributed by atoms with van der Waals surface area (Å²) in [6.45, 7) is 3.84. The maximum absolute atomic E-state index is 13.7. The Morgan fingerprint density at radius 2 is 1.57 bits per heavy atom. The van der Waals surface area contributed by atoms with E-state index in [1.807, 2.05) is 13.8 Å². The van der Waals surface area contributed by atoms with Crippen LogP contribution in [0.1, 0.15) is 24.2 Å². The first-order chi connectivity index (χ1) is 14.2. The molecule has 0 aliphatic rings. The van der Waals surface area contributed by atoms with E-state index in [1.54, 1.807) is 24.3 Å². The fourth-order valence-electron chi connectivity index (χ4n) is 2.63. The van der Waals surface area contributed by atoms with Gasteiger partial charge in [-0.25, -0.2) is 12.8 Å². The van der Waals surface area contributed by atoms with Crippen molar-refractivity contribution >= 4 is 27.3 Å². The van der Waals surface area contributed by atoms with E-state index in [-0.39, 0.29) is 22.3 Å². The Morgan fingerprint density at radius 3 is 2.17 bits per heavy atom. The molecule has 0 aliphatic heterocycles. The zero-order valence-corrected chi connectivity index (χ0v) is 17.2. The molecular weight excluding hydrogens is 407 g/mol. The van der Waals surface area contributed by atoms with Gasteiger partial charge in [-0.2, -0.15) is 0 Å². The van der Waals surface area contributed by atoms with Gasteiger partial charge in [-0.15, -0.1) is 0 Å². The molecule has 0 aromatic heterocycles. The van der Waals surface area contributed by atoms with Crippen molar-refractivity contribution in [2.45, 2.75) is 24.8 Å². The summed E-state index contributed by atoms with van der Waals surface area (Å²) >= 11 is 0. The molecule has 0 fully saturated rings. The summed E-state index contributed by atoms with van der Waals surface area (Å²) in [5.74, 6) is -0.375. The fourth-order valence-corrected chi connectivity index (χ4v) is 3.69. The van der Waals surface area contributed by atoms with Crippen molar-refractivity contribution in [3.8, 4) is 5.75 Å². The summed E-state index contributed by atoms with van der Waals surface area (Å²) in [5.41, 5.74) is 0.709. The standard InChI is InChI=1S/C22H21FN2O4S/c1-15(2)29-18-11-9-17(10-12-18)24-22(26)16-7-13-19(14-8-16)30(27,28)25-21-6-4-3-5-20(21)23/h3-15,25H,1-2H3,(H,24,26). The Morgan fingerprint density at radius 1 is 0.933 bits per heavy atom. The topological polar surface area (TPSA) is 84.5 Å². The number of rotatable bonds is 7. The van der Waals surface area contributed by atoms with Crippen LogP contribution in [-0.4, -0.2) is 20.4 Å². The van der Waals surface area contributed by atoms with E-state index in [2.05, 4.69) is 10.0 Å². The number of nitrogens with one attached hydrogen (secondary N) is 2. The van der Waals surface area contributed by atoms with Gasteiger partial charge < -0.3 is 10.1 Å². The summed E-state index contributed by atoms with van der Waals surface area (Å²) in [6.07, 6.45) is 0.0492. The van der Waals surface area contributed by atoms with Gasteiger partial charge in [0, 0.05) is 11.3 Å². The molecule has 0 saturated carbocycles. The average molecular weight is 428 g/mol. The molecule has 8 heteroatoms. The third-order valence-corrected chi connectivity index (χ3v) is 5.41. The molecule has 0 radical (unpaired) electrons. The van der Waals surface area contributed by atoms with Crippen molar-refractivity contribution in [2.24, 2.45) is 0 Å². The Hall–Kier alpha value is -3.39. The molecule has 3 rings (SSSR count). The van der Waals surface area contributed by atoms with Gasteiger partial charge in [0.05, 0.1) is 16.7 Å². The predicted octanol–water partition coefficient (Wildman–Crippen LogP) is 4.67. The molecule has 0 spiro atoms. The highest BCUT2D eigenvalue weighted by Gasteiger charge is 2.17. The highest BCUT2D eigenvalue weighted by atomic mass is 32.2. The second kappa shape index (κ2) is 8.96. The van der Waals surface area contributed by atoms with Gasteiger partial charge in [-0.3, -0.25) is 9.52 Å². The summed E-state index contributed by atoms with van der Waals surface area (Å²) in [6, 6.07) is 17.8. The van der Waals surface area contributed by atoms with Crippen LogP contribution in [0.15, 0.2) is 77.7 Å². The van der Waals surface area contributed by atoms with Crippen molar-refractivity contribution in [3.05, 3.63) is 84.2 Å². The molecule has 30 heavy (non-hydrogen) atoms. The summed E-state index contributed by atoms with van der Waals surface area (Å²) in [4.78, 5) is 12.3. The quantitative estimate of drug-likeness (QED) is 0.573. The van der Waals surface area contributed by atoms with Crippen LogP contribution in [0.3, 0.4) is 0 Å². The van der Waals surface area contributed by atoms with Crippen molar-refractivity contribution in [3.63, 3.8) is 0 Å². The predicted molar refractivity (Wildman–Crippen MR) is 114 cm³/mol. The van der Waals surface area contributed by atoms with Crippen molar-refractivity contribution in [1.29, 1.82) is 0 Å². The van der Waals surface area contributed by atoms with E-state index in [4.69, 9.17) is 4.74 Å². The molecule has 156 valence electrons. The number of carbonyl (C=O) groups is 1. The molecule has 0 bridgehead atoms. The minimum Gasteiger partial charge on any atom is -0.491 e. The van der Waals surface area contributed by atoms with E-state index in [9.17, 15) is 17.6 Å². The number of halogens is 1. The molecule has 0 atom stereocenters. The second-order valence-corrected chi connectivity index (χ2v) is 8.44. The highest BCUT2D eigenvalue weighted by molar-refractivity contribution is 7.92. The maximum Gasteiger partial charge on any atom is 0.261 e. The van der Waals surface area contributed by atoms with Crippen LogP contribution in [-0.2, 0) is 10.0 Å². The van der Waals surface area contributed by atoms with Gasteiger partial charge >= 0.3 is 0 Å². The largest absolute Gasteiger partial charge is 0.491 e. The van der Waals surface area contributed by atoms with Gasteiger partial charge in [0.2, 0.25) is 0 Å². The molecular formula is C22H21FN2O4S. The van der Waals surface area contributed by atoms with Crippen molar-refractivity contribution in [1.82, 2.24) is 0 Å². The first-order valence-corrected chi connectivity index (χ1v) is 10.7. The van der Waals surface area contributed by atoms with E-state index in [0.29, 0.717) is 11.4 Å². The first kappa shape index (κ1) is 21.3. The lowest BCUT2D eigenvalue weighted by atomic mass is 10.2. The maximum atomic E-state index is 13.7. The number of anilines is 2. The SMILES string of the molecule is CC(C)Oc1ccc(NC(=O)c2ccc(S(=O)(=O)Nc3ccccc3F)cc2)cc1. The van der Waals surface area contributed by atoms with Crippen LogP contribution in [0.5, 0.6) is 5.75 Å². The Balaban J connectivity index is 1.68. The van der Waals surface area contributed by atoms with Crippen LogP contribution in [0.4, 0.5) is 15.8 Å². The molecule has 6 nitrogen and oxygen atoms in total. The lowest BCUT2D eigenvalue weighted by molar-refractivity contribution is 0.102. The van der Waals surface area contributed by atoms with Crippen LogP contribution in [0.25, 0.3) is 0 Å². The van der Waals surface area contributed by atoms with Gasteiger partial charge in [0.1, 0.15) is 11.6 Å². The fraction of sp³-hybridized carbons (Fsp3) is 0.136. The number of sulfonamides is 1. The van der Waals surface area contributed by atoms with Gasteiger partial charge in [-0.1, -0.05) is 12.1 Å². The Bertz CT molecular complexity index is 1130.